The van der Waals surface area contributed by atoms with Crippen LogP contribution in [-0.4, -0.2) is 35.9 Å². The molecule has 0 aromatic heterocycles. The first-order chi connectivity index (χ1) is 7.63. The molecule has 0 aliphatic rings. The van der Waals surface area contributed by atoms with Gasteiger partial charge in [0.1, 0.15) is 0 Å². The molecule has 1 rings (SSSR count). The molecule has 88 valence electrons. The minimum atomic E-state index is -0.824. The van der Waals surface area contributed by atoms with Gasteiger partial charge in [-0.2, -0.15) is 0 Å². The van der Waals surface area contributed by atoms with E-state index in [0.29, 0.717) is 13.1 Å². The van der Waals surface area contributed by atoms with Gasteiger partial charge in [-0.15, -0.1) is 0 Å². The largest absolute Gasteiger partial charge is 0.481 e. The van der Waals surface area contributed by atoms with Gasteiger partial charge in [-0.25, -0.2) is 0 Å². The van der Waals surface area contributed by atoms with Crippen LogP contribution in [0.4, 0.5) is 5.69 Å². The fraction of sp³-hybridized carbons (Fsp3) is 0.417. The van der Waals surface area contributed by atoms with E-state index in [1.165, 1.54) is 0 Å². The van der Waals surface area contributed by atoms with Gasteiger partial charge in [-0.1, -0.05) is 17.7 Å². The second-order valence-corrected chi connectivity index (χ2v) is 3.69. The maximum absolute atomic E-state index is 10.5. The number of carboxylic acids is 1. The number of benzene rings is 1. The number of nitrogens with zero attached hydrogens (tertiary/aromatic N) is 1. The van der Waals surface area contributed by atoms with E-state index in [-0.39, 0.29) is 13.0 Å². The van der Waals surface area contributed by atoms with Crippen molar-refractivity contribution >= 4 is 11.7 Å². The summed E-state index contributed by atoms with van der Waals surface area (Å²) in [5.74, 6) is -0.824. The Balaban J connectivity index is 2.68. The molecule has 0 amide bonds. The number of carboxylic acid groups (broad SMARTS) is 1. The number of aliphatic carboxylic acids is 1. The summed E-state index contributed by atoms with van der Waals surface area (Å²) in [7, 11) is 0. The van der Waals surface area contributed by atoms with E-state index in [0.717, 1.165) is 11.3 Å². The topological polar surface area (TPSA) is 60.8 Å². The summed E-state index contributed by atoms with van der Waals surface area (Å²) < 4.78 is 0. The lowest BCUT2D eigenvalue weighted by Crippen LogP contribution is -2.29. The van der Waals surface area contributed by atoms with Gasteiger partial charge in [0, 0.05) is 18.8 Å². The van der Waals surface area contributed by atoms with Crippen molar-refractivity contribution in [1.82, 2.24) is 0 Å². The minimum Gasteiger partial charge on any atom is -0.481 e. The molecule has 2 N–H and O–H groups in total. The summed E-state index contributed by atoms with van der Waals surface area (Å²) in [5.41, 5.74) is 2.10. The monoisotopic (exact) mass is 223 g/mol. The lowest BCUT2D eigenvalue weighted by Gasteiger charge is -2.23. The van der Waals surface area contributed by atoms with Crippen LogP contribution in [0, 0.1) is 6.92 Å². The Morgan fingerprint density at radius 2 is 1.88 bits per heavy atom. The quantitative estimate of drug-likeness (QED) is 0.762. The van der Waals surface area contributed by atoms with Crippen LogP contribution in [0.15, 0.2) is 24.3 Å². The summed E-state index contributed by atoms with van der Waals surface area (Å²) in [4.78, 5) is 12.4. The maximum Gasteiger partial charge on any atom is 0.305 e. The van der Waals surface area contributed by atoms with Gasteiger partial charge in [-0.05, 0) is 19.1 Å². The average molecular weight is 223 g/mol. The smallest absolute Gasteiger partial charge is 0.305 e. The number of rotatable bonds is 6. The first-order valence-corrected chi connectivity index (χ1v) is 5.27. The van der Waals surface area contributed by atoms with Crippen molar-refractivity contribution in [3.8, 4) is 0 Å². The molecule has 0 bridgehead atoms. The van der Waals surface area contributed by atoms with Crippen LogP contribution in [0.5, 0.6) is 0 Å². The van der Waals surface area contributed by atoms with Crippen molar-refractivity contribution in [1.29, 1.82) is 0 Å². The fourth-order valence-corrected chi connectivity index (χ4v) is 1.48. The third kappa shape index (κ3) is 3.90. The van der Waals surface area contributed by atoms with E-state index in [1.54, 1.807) is 0 Å². The highest BCUT2D eigenvalue weighted by Crippen LogP contribution is 2.14. The number of aliphatic hydroxyl groups excluding tert-OH is 1. The van der Waals surface area contributed by atoms with Crippen LogP contribution in [0.2, 0.25) is 0 Å². The Bertz CT molecular complexity index is 335. The fourth-order valence-electron chi connectivity index (χ4n) is 1.48. The van der Waals surface area contributed by atoms with Crippen molar-refractivity contribution in [3.05, 3.63) is 29.8 Å². The molecule has 0 atom stereocenters. The molecule has 0 spiro atoms. The van der Waals surface area contributed by atoms with Gasteiger partial charge in [0.15, 0.2) is 0 Å². The molecule has 1 aromatic carbocycles. The molecule has 4 heteroatoms. The molecular weight excluding hydrogens is 206 g/mol. The summed E-state index contributed by atoms with van der Waals surface area (Å²) in [6.45, 7) is 2.89. The van der Waals surface area contributed by atoms with E-state index >= 15 is 0 Å². The van der Waals surface area contributed by atoms with E-state index < -0.39 is 5.97 Å². The van der Waals surface area contributed by atoms with Crippen molar-refractivity contribution in [3.63, 3.8) is 0 Å². The number of hydrogen-bond donors (Lipinski definition) is 2. The summed E-state index contributed by atoms with van der Waals surface area (Å²) in [6, 6.07) is 7.82. The van der Waals surface area contributed by atoms with Gasteiger partial charge in [0.2, 0.25) is 0 Å². The summed E-state index contributed by atoms with van der Waals surface area (Å²) in [6.07, 6.45) is 0.0773. The lowest BCUT2D eigenvalue weighted by molar-refractivity contribution is -0.136. The molecule has 1 aromatic rings. The van der Waals surface area contributed by atoms with Crippen molar-refractivity contribution in [2.24, 2.45) is 0 Å². The molecule has 0 unspecified atom stereocenters. The Labute approximate surface area is 95.1 Å². The summed E-state index contributed by atoms with van der Waals surface area (Å²) >= 11 is 0. The van der Waals surface area contributed by atoms with Crippen LogP contribution in [0.3, 0.4) is 0 Å². The van der Waals surface area contributed by atoms with Gasteiger partial charge in [0.25, 0.3) is 0 Å². The number of aryl methyl sites for hydroxylation is 1. The van der Waals surface area contributed by atoms with Crippen LogP contribution >= 0.6 is 0 Å². The van der Waals surface area contributed by atoms with Gasteiger partial charge in [-0.3, -0.25) is 4.79 Å². The molecule has 0 aliphatic carbocycles. The predicted molar refractivity (Wildman–Crippen MR) is 62.7 cm³/mol. The Morgan fingerprint density at radius 1 is 1.25 bits per heavy atom. The van der Waals surface area contributed by atoms with Gasteiger partial charge >= 0.3 is 5.97 Å². The number of anilines is 1. The van der Waals surface area contributed by atoms with E-state index in [9.17, 15) is 4.79 Å². The van der Waals surface area contributed by atoms with Crippen LogP contribution < -0.4 is 4.90 Å². The predicted octanol–water partition coefficient (Wildman–Crippen LogP) is 1.27. The third-order valence-corrected chi connectivity index (χ3v) is 2.36. The molecule has 0 saturated heterocycles. The average Bonchev–Trinajstić information content (AvgIpc) is 2.25. The molecule has 0 fully saturated rings. The SMILES string of the molecule is Cc1ccc(N(CCO)CCC(=O)O)cc1. The Hall–Kier alpha value is -1.55. The third-order valence-electron chi connectivity index (χ3n) is 2.36. The van der Waals surface area contributed by atoms with Crippen LogP contribution in [0.1, 0.15) is 12.0 Å². The zero-order valence-electron chi connectivity index (χ0n) is 9.39. The zero-order chi connectivity index (χ0) is 12.0. The van der Waals surface area contributed by atoms with Gasteiger partial charge in [0.05, 0.1) is 13.0 Å². The highest BCUT2D eigenvalue weighted by atomic mass is 16.4. The number of aliphatic hydroxyl groups is 1. The van der Waals surface area contributed by atoms with E-state index in [2.05, 4.69) is 0 Å². The van der Waals surface area contributed by atoms with E-state index in [1.807, 2.05) is 36.1 Å². The molecule has 0 saturated carbocycles. The first-order valence-electron chi connectivity index (χ1n) is 5.27. The molecule has 0 aliphatic heterocycles. The van der Waals surface area contributed by atoms with Crippen LogP contribution in [-0.2, 0) is 4.79 Å². The van der Waals surface area contributed by atoms with Crippen molar-refractivity contribution in [2.75, 3.05) is 24.6 Å². The highest BCUT2D eigenvalue weighted by molar-refractivity contribution is 5.67. The Kier molecular flexibility index (Phi) is 4.79. The standard InChI is InChI=1S/C12H17NO3/c1-10-2-4-11(5-3-10)13(8-9-14)7-6-12(15)16/h2-5,14H,6-9H2,1H3,(H,15,16). The highest BCUT2D eigenvalue weighted by Gasteiger charge is 2.07. The summed E-state index contributed by atoms with van der Waals surface area (Å²) in [5, 5.41) is 17.6. The van der Waals surface area contributed by atoms with Crippen molar-refractivity contribution in [2.45, 2.75) is 13.3 Å². The second kappa shape index (κ2) is 6.12. The Morgan fingerprint density at radius 3 is 2.38 bits per heavy atom. The lowest BCUT2D eigenvalue weighted by atomic mass is 10.2. The number of carbonyl (C=O) groups is 1. The minimum absolute atomic E-state index is 0.0213. The van der Waals surface area contributed by atoms with Crippen LogP contribution in [0.25, 0.3) is 0 Å². The van der Waals surface area contributed by atoms with Crippen molar-refractivity contribution < 1.29 is 15.0 Å². The molecule has 4 nitrogen and oxygen atoms in total. The second-order valence-electron chi connectivity index (χ2n) is 3.69. The molecular formula is C12H17NO3. The molecule has 16 heavy (non-hydrogen) atoms. The van der Waals surface area contributed by atoms with E-state index in [4.69, 9.17) is 10.2 Å². The normalized spacial score (nSPS) is 10.1. The molecule has 0 radical (unpaired) electrons. The maximum atomic E-state index is 10.5. The number of hydrogen-bond acceptors (Lipinski definition) is 3. The zero-order valence-corrected chi connectivity index (χ0v) is 9.39. The molecule has 0 heterocycles. The van der Waals surface area contributed by atoms with Gasteiger partial charge < -0.3 is 15.1 Å². The first kappa shape index (κ1) is 12.5.